The summed E-state index contributed by atoms with van der Waals surface area (Å²) in [6, 6.07) is 68.5. The summed E-state index contributed by atoms with van der Waals surface area (Å²) >= 11 is 1.91. The van der Waals surface area contributed by atoms with Crippen LogP contribution in [-0.2, 0) is 10.8 Å². The monoisotopic (exact) mass is 800 g/mol. The third kappa shape index (κ3) is 6.09. The summed E-state index contributed by atoms with van der Waals surface area (Å²) in [5.41, 5.74) is 13.1. The first kappa shape index (κ1) is 37.5. The lowest BCUT2D eigenvalue weighted by Gasteiger charge is -2.27. The van der Waals surface area contributed by atoms with Crippen LogP contribution in [0.1, 0.15) is 52.7 Å². The molecule has 0 bridgehead atoms. The molecule has 0 radical (unpaired) electrons. The highest BCUT2D eigenvalue weighted by Gasteiger charge is 2.25. The fraction of sp³-hybridized carbons (Fsp3) is 0.133. The molecule has 0 amide bonds. The molecule has 0 aliphatic carbocycles. The largest absolute Gasteiger partial charge is 0.135 e. The Hall–Kier alpha value is -6.54. The van der Waals surface area contributed by atoms with Crippen LogP contribution in [0.15, 0.2) is 182 Å². The van der Waals surface area contributed by atoms with Crippen molar-refractivity contribution in [2.45, 2.75) is 52.4 Å². The molecule has 11 rings (SSSR count). The van der Waals surface area contributed by atoms with Gasteiger partial charge in [0, 0.05) is 20.2 Å². The molecule has 11 aromatic rings. The van der Waals surface area contributed by atoms with Crippen molar-refractivity contribution in [1.29, 1.82) is 0 Å². The molecule has 0 aliphatic heterocycles. The van der Waals surface area contributed by atoms with Gasteiger partial charge in [-0.05, 0) is 122 Å². The van der Waals surface area contributed by atoms with Crippen LogP contribution in [0.4, 0.5) is 0 Å². The Morgan fingerprint density at radius 2 is 0.721 bits per heavy atom. The zero-order valence-electron chi connectivity index (χ0n) is 35.7. The molecule has 0 atom stereocenters. The molecular weight excluding hydrogens is 753 g/mol. The molecule has 0 spiro atoms. The Morgan fingerprint density at radius 1 is 0.295 bits per heavy atom. The second-order valence-electron chi connectivity index (χ2n) is 18.8. The van der Waals surface area contributed by atoms with Gasteiger partial charge in [0.05, 0.1) is 0 Å². The van der Waals surface area contributed by atoms with Gasteiger partial charge in [0.1, 0.15) is 0 Å². The lowest BCUT2D eigenvalue weighted by Crippen LogP contribution is -2.16. The van der Waals surface area contributed by atoms with Crippen LogP contribution in [0.2, 0.25) is 0 Å². The summed E-state index contributed by atoms with van der Waals surface area (Å²) in [5.74, 6) is 0. The maximum atomic E-state index is 2.46. The Bertz CT molecular complexity index is 3390. The summed E-state index contributed by atoms with van der Waals surface area (Å²) in [6.07, 6.45) is 0. The molecule has 1 heterocycles. The van der Waals surface area contributed by atoms with E-state index in [0.29, 0.717) is 0 Å². The van der Waals surface area contributed by atoms with Crippen molar-refractivity contribution in [2.24, 2.45) is 0 Å². The zero-order valence-corrected chi connectivity index (χ0v) is 36.5. The van der Waals surface area contributed by atoms with Gasteiger partial charge in [-0.15, -0.1) is 11.3 Å². The van der Waals surface area contributed by atoms with Gasteiger partial charge in [0.2, 0.25) is 0 Å². The van der Waals surface area contributed by atoms with Gasteiger partial charge in [-0.3, -0.25) is 0 Å². The van der Waals surface area contributed by atoms with Gasteiger partial charge in [0.15, 0.2) is 0 Å². The predicted molar refractivity (Wildman–Crippen MR) is 268 cm³/mol. The minimum atomic E-state index is 0.0207. The minimum Gasteiger partial charge on any atom is -0.135 e. The number of hydrogen-bond acceptors (Lipinski definition) is 1. The molecule has 1 aromatic heterocycles. The first-order valence-electron chi connectivity index (χ1n) is 21.6. The Kier molecular flexibility index (Phi) is 8.61. The molecule has 0 unspecified atom stereocenters. The summed E-state index contributed by atoms with van der Waals surface area (Å²) in [6.45, 7) is 14.0. The summed E-state index contributed by atoms with van der Waals surface area (Å²) in [7, 11) is 0. The maximum Gasteiger partial charge on any atom is 0.0361 e. The molecule has 0 aliphatic rings. The van der Waals surface area contributed by atoms with Crippen molar-refractivity contribution in [1.82, 2.24) is 0 Å². The van der Waals surface area contributed by atoms with Crippen molar-refractivity contribution in [2.75, 3.05) is 0 Å². The third-order valence-electron chi connectivity index (χ3n) is 12.9. The van der Waals surface area contributed by atoms with Crippen LogP contribution in [0.5, 0.6) is 0 Å². The highest BCUT2D eigenvalue weighted by atomic mass is 32.1. The zero-order chi connectivity index (χ0) is 41.6. The van der Waals surface area contributed by atoms with Crippen molar-refractivity contribution >= 4 is 74.6 Å². The van der Waals surface area contributed by atoms with E-state index >= 15 is 0 Å². The lowest BCUT2D eigenvalue weighted by molar-refractivity contribution is 0.569. The Labute approximate surface area is 362 Å². The minimum absolute atomic E-state index is 0.0207. The molecule has 0 saturated carbocycles. The van der Waals surface area contributed by atoms with E-state index in [1.165, 1.54) is 119 Å². The number of rotatable bonds is 4. The fourth-order valence-corrected chi connectivity index (χ4v) is 11.1. The number of thiophene rings is 1. The first-order chi connectivity index (χ1) is 29.5. The van der Waals surface area contributed by atoms with Crippen molar-refractivity contribution in [3.8, 4) is 44.5 Å². The standard InChI is InChI=1S/C60H48S/c1-59(2,3)40-33-39(34-41(36-40)60(4,5)6)56-44-23-12-10-21-42(44)55(43-22-11-13-24-45(43)56)38-31-32-50-53(35-38)61-52-30-18-29-51(58(50)52)57-48-27-16-14-25-46(48)54(37-19-8-7-9-20-37)47-26-15-17-28-49(47)57/h7-36H,1-6H3. The molecular formula is C60H48S. The van der Waals surface area contributed by atoms with Gasteiger partial charge >= 0.3 is 0 Å². The molecule has 0 saturated heterocycles. The van der Waals surface area contributed by atoms with Crippen LogP contribution in [0, 0.1) is 0 Å². The van der Waals surface area contributed by atoms with E-state index in [-0.39, 0.29) is 10.8 Å². The van der Waals surface area contributed by atoms with Crippen molar-refractivity contribution < 1.29 is 0 Å². The highest BCUT2D eigenvalue weighted by molar-refractivity contribution is 7.26. The lowest BCUT2D eigenvalue weighted by atomic mass is 9.77. The Balaban J connectivity index is 1.15. The summed E-state index contributed by atoms with van der Waals surface area (Å²) in [5, 5.41) is 12.9. The summed E-state index contributed by atoms with van der Waals surface area (Å²) < 4.78 is 2.61. The van der Waals surface area contributed by atoms with Gasteiger partial charge in [-0.2, -0.15) is 0 Å². The molecule has 10 aromatic carbocycles. The number of fused-ring (bicyclic) bond motifs is 7. The second kappa shape index (κ2) is 14.0. The number of benzene rings is 10. The molecule has 294 valence electrons. The molecule has 1 heteroatoms. The van der Waals surface area contributed by atoms with Crippen LogP contribution >= 0.6 is 11.3 Å². The predicted octanol–water partition coefficient (Wildman–Crippen LogP) is 17.9. The van der Waals surface area contributed by atoms with E-state index in [4.69, 9.17) is 0 Å². The quantitative estimate of drug-likeness (QED) is 0.156. The van der Waals surface area contributed by atoms with Gasteiger partial charge in [-0.25, -0.2) is 0 Å². The van der Waals surface area contributed by atoms with E-state index in [1.54, 1.807) is 0 Å². The van der Waals surface area contributed by atoms with E-state index < -0.39 is 0 Å². The van der Waals surface area contributed by atoms with Crippen LogP contribution in [-0.4, -0.2) is 0 Å². The topological polar surface area (TPSA) is 0 Å². The average molecular weight is 801 g/mol. The molecule has 0 nitrogen and oxygen atoms in total. The SMILES string of the molecule is CC(C)(C)c1cc(-c2c3ccccc3c(-c3ccc4c(c3)sc3cccc(-c5c6ccccc6c(-c6ccccc6)c6ccccc56)c34)c3ccccc23)cc(C(C)(C)C)c1. The van der Waals surface area contributed by atoms with Gasteiger partial charge in [0.25, 0.3) is 0 Å². The average Bonchev–Trinajstić information content (AvgIpc) is 3.65. The summed E-state index contributed by atoms with van der Waals surface area (Å²) in [4.78, 5) is 0. The van der Waals surface area contributed by atoms with E-state index in [0.717, 1.165) is 0 Å². The van der Waals surface area contributed by atoms with Crippen LogP contribution < -0.4 is 0 Å². The van der Waals surface area contributed by atoms with Gasteiger partial charge < -0.3 is 0 Å². The molecule has 61 heavy (non-hydrogen) atoms. The maximum absolute atomic E-state index is 2.46. The molecule has 0 fully saturated rings. The fourth-order valence-electron chi connectivity index (χ4n) is 9.91. The normalized spacial score (nSPS) is 12.4. The van der Waals surface area contributed by atoms with E-state index in [9.17, 15) is 0 Å². The first-order valence-corrected chi connectivity index (χ1v) is 22.4. The third-order valence-corrected chi connectivity index (χ3v) is 14.1. The van der Waals surface area contributed by atoms with Crippen LogP contribution in [0.3, 0.4) is 0 Å². The van der Waals surface area contributed by atoms with E-state index in [1.807, 2.05) is 11.3 Å². The highest BCUT2D eigenvalue weighted by Crippen LogP contribution is 2.50. The van der Waals surface area contributed by atoms with Crippen molar-refractivity contribution in [3.63, 3.8) is 0 Å². The van der Waals surface area contributed by atoms with E-state index in [2.05, 4.69) is 224 Å². The number of hydrogen-bond donors (Lipinski definition) is 0. The second-order valence-corrected chi connectivity index (χ2v) is 19.9. The molecule has 0 N–H and O–H groups in total. The van der Waals surface area contributed by atoms with Crippen LogP contribution in [0.25, 0.3) is 108 Å². The van der Waals surface area contributed by atoms with Crippen molar-refractivity contribution in [3.05, 3.63) is 193 Å². The van der Waals surface area contributed by atoms with Gasteiger partial charge in [-0.1, -0.05) is 211 Å². The Morgan fingerprint density at radius 3 is 1.20 bits per heavy atom. The smallest absolute Gasteiger partial charge is 0.0361 e.